The van der Waals surface area contributed by atoms with Crippen LogP contribution in [0.25, 0.3) is 0 Å². The maximum Gasteiger partial charge on any atom is 0.157 e. The lowest BCUT2D eigenvalue weighted by molar-refractivity contribution is -0.124. The molecule has 1 aliphatic heterocycles. The van der Waals surface area contributed by atoms with E-state index in [2.05, 4.69) is 0 Å². The predicted molar refractivity (Wildman–Crippen MR) is 90.7 cm³/mol. The van der Waals surface area contributed by atoms with Crippen LogP contribution in [0.1, 0.15) is 11.1 Å². The minimum absolute atomic E-state index is 0.0750. The van der Waals surface area contributed by atoms with Gasteiger partial charge >= 0.3 is 0 Å². The molecule has 2 aromatic carbocycles. The van der Waals surface area contributed by atoms with Gasteiger partial charge in [0.1, 0.15) is 18.3 Å². The third kappa shape index (κ3) is 4.72. The molecule has 0 radical (unpaired) electrons. The van der Waals surface area contributed by atoms with Gasteiger partial charge in [-0.1, -0.05) is 60.7 Å². The van der Waals surface area contributed by atoms with E-state index in [4.69, 9.17) is 14.2 Å². The molecule has 0 aromatic heterocycles. The van der Waals surface area contributed by atoms with Gasteiger partial charge < -0.3 is 19.0 Å². The zero-order chi connectivity index (χ0) is 17.5. The maximum absolute atomic E-state index is 14.6. The maximum atomic E-state index is 14.6. The summed E-state index contributed by atoms with van der Waals surface area (Å²) in [7, 11) is 0. The fourth-order valence-electron chi connectivity index (χ4n) is 2.81. The third-order valence-electron chi connectivity index (χ3n) is 4.14. The van der Waals surface area contributed by atoms with Crippen LogP contribution in [-0.2, 0) is 32.2 Å². The van der Waals surface area contributed by atoms with E-state index in [1.54, 1.807) is 0 Å². The van der Waals surface area contributed by atoms with Crippen LogP contribution in [0.2, 0.25) is 0 Å². The molecule has 1 heterocycles. The van der Waals surface area contributed by atoms with Crippen molar-refractivity contribution in [2.75, 3.05) is 6.61 Å². The number of aldehydes is 1. The first-order valence-corrected chi connectivity index (χ1v) is 8.30. The molecule has 3 rings (SSSR count). The molecule has 0 N–H and O–H groups in total. The lowest BCUT2D eigenvalue weighted by atomic mass is 10.1. The van der Waals surface area contributed by atoms with Gasteiger partial charge in [0.15, 0.2) is 12.5 Å². The Labute approximate surface area is 146 Å². The molecule has 0 unspecified atom stereocenters. The van der Waals surface area contributed by atoms with Crippen LogP contribution in [0.4, 0.5) is 4.39 Å². The number of rotatable bonds is 8. The second kappa shape index (κ2) is 8.85. The summed E-state index contributed by atoms with van der Waals surface area (Å²) < 4.78 is 31.3. The van der Waals surface area contributed by atoms with Gasteiger partial charge in [0, 0.05) is 0 Å². The highest BCUT2D eigenvalue weighted by molar-refractivity contribution is 5.58. The Morgan fingerprint density at radius 1 is 0.960 bits per heavy atom. The molecule has 4 atom stereocenters. The quantitative estimate of drug-likeness (QED) is 0.691. The molecule has 2 aromatic rings. The lowest BCUT2D eigenvalue weighted by Crippen LogP contribution is -2.34. The van der Waals surface area contributed by atoms with Crippen LogP contribution in [0.15, 0.2) is 60.7 Å². The normalized spacial score (nSPS) is 25.8. The van der Waals surface area contributed by atoms with Crippen molar-refractivity contribution in [3.63, 3.8) is 0 Å². The number of ether oxygens (including phenoxy) is 3. The standard InChI is InChI=1S/C20H21FO4/c21-19-18(14-23-12-15-7-3-1-4-8-15)25-17(11-22)20(19)24-13-16-9-5-2-6-10-16/h1-11,17-20H,12-14H2/t17-,18-,19+,20-/m1/s1. The number of alkyl halides is 1. The van der Waals surface area contributed by atoms with E-state index in [-0.39, 0.29) is 13.2 Å². The van der Waals surface area contributed by atoms with Gasteiger partial charge in [-0.25, -0.2) is 4.39 Å². The first kappa shape index (κ1) is 17.7. The average Bonchev–Trinajstić information content (AvgIpc) is 2.97. The van der Waals surface area contributed by atoms with Crippen molar-refractivity contribution in [2.45, 2.75) is 37.7 Å². The lowest BCUT2D eigenvalue weighted by Gasteiger charge is -2.17. The number of halogens is 1. The number of carbonyl (C=O) groups excluding carboxylic acids is 1. The van der Waals surface area contributed by atoms with Crippen molar-refractivity contribution in [2.24, 2.45) is 0 Å². The van der Waals surface area contributed by atoms with Crippen LogP contribution in [0, 0.1) is 0 Å². The number of benzene rings is 2. The third-order valence-corrected chi connectivity index (χ3v) is 4.14. The summed E-state index contributed by atoms with van der Waals surface area (Å²) in [5, 5.41) is 0. The highest BCUT2D eigenvalue weighted by Crippen LogP contribution is 2.27. The number of hydrogen-bond donors (Lipinski definition) is 0. The summed E-state index contributed by atoms with van der Waals surface area (Å²) in [5.74, 6) is 0. The highest BCUT2D eigenvalue weighted by atomic mass is 19.1. The van der Waals surface area contributed by atoms with Crippen LogP contribution < -0.4 is 0 Å². The minimum atomic E-state index is -1.41. The summed E-state index contributed by atoms with van der Waals surface area (Å²) >= 11 is 0. The molecule has 0 saturated carbocycles. The van der Waals surface area contributed by atoms with Crippen LogP contribution >= 0.6 is 0 Å². The van der Waals surface area contributed by atoms with Crippen LogP contribution in [0.5, 0.6) is 0 Å². The molecule has 5 heteroatoms. The van der Waals surface area contributed by atoms with Gasteiger partial charge in [-0.15, -0.1) is 0 Å². The summed E-state index contributed by atoms with van der Waals surface area (Å²) in [4.78, 5) is 11.2. The molecule has 1 aliphatic rings. The van der Waals surface area contributed by atoms with E-state index in [9.17, 15) is 9.18 Å². The average molecular weight is 344 g/mol. The molecule has 4 nitrogen and oxygen atoms in total. The molecule has 1 saturated heterocycles. The van der Waals surface area contributed by atoms with Crippen LogP contribution in [-0.4, -0.2) is 37.4 Å². The highest BCUT2D eigenvalue weighted by Gasteiger charge is 2.46. The van der Waals surface area contributed by atoms with E-state index in [0.717, 1.165) is 11.1 Å². The number of carbonyl (C=O) groups is 1. The zero-order valence-corrected chi connectivity index (χ0v) is 13.8. The first-order valence-electron chi connectivity index (χ1n) is 8.30. The SMILES string of the molecule is O=C[C@H]1O[C@H](COCc2ccccc2)[C@H](F)[C@@H]1OCc1ccccc1. The Bertz CT molecular complexity index is 649. The molecule has 132 valence electrons. The second-order valence-electron chi connectivity index (χ2n) is 5.98. The van der Waals surface area contributed by atoms with E-state index in [1.807, 2.05) is 60.7 Å². The topological polar surface area (TPSA) is 44.8 Å². The van der Waals surface area contributed by atoms with Gasteiger partial charge in [-0.05, 0) is 11.1 Å². The molecular formula is C20H21FO4. The largest absolute Gasteiger partial charge is 0.374 e. The molecule has 1 fully saturated rings. The Morgan fingerprint density at radius 3 is 2.16 bits per heavy atom. The Balaban J connectivity index is 1.51. The summed E-state index contributed by atoms with van der Waals surface area (Å²) in [6.07, 6.45) is -3.44. The van der Waals surface area contributed by atoms with Crippen molar-refractivity contribution < 1.29 is 23.4 Å². The summed E-state index contributed by atoms with van der Waals surface area (Å²) in [5.41, 5.74) is 1.92. The molecule has 0 bridgehead atoms. The monoisotopic (exact) mass is 344 g/mol. The molecule has 0 spiro atoms. The van der Waals surface area contributed by atoms with Crippen molar-refractivity contribution in [1.29, 1.82) is 0 Å². The molecule has 0 aliphatic carbocycles. The predicted octanol–water partition coefficient (Wildman–Crippen LogP) is 3.09. The molecule has 0 amide bonds. The van der Waals surface area contributed by atoms with E-state index in [1.165, 1.54) is 0 Å². The Morgan fingerprint density at radius 2 is 1.56 bits per heavy atom. The zero-order valence-electron chi connectivity index (χ0n) is 13.8. The van der Waals surface area contributed by atoms with Crippen molar-refractivity contribution in [3.05, 3.63) is 71.8 Å². The first-order chi connectivity index (χ1) is 12.3. The van der Waals surface area contributed by atoms with Gasteiger partial charge in [0.2, 0.25) is 0 Å². The molecule has 25 heavy (non-hydrogen) atoms. The van der Waals surface area contributed by atoms with Crippen LogP contribution in [0.3, 0.4) is 0 Å². The fraction of sp³-hybridized carbons (Fsp3) is 0.350. The summed E-state index contributed by atoms with van der Waals surface area (Å²) in [6, 6.07) is 19.1. The van der Waals surface area contributed by atoms with Crippen molar-refractivity contribution in [3.8, 4) is 0 Å². The van der Waals surface area contributed by atoms with E-state index >= 15 is 0 Å². The Kier molecular flexibility index (Phi) is 6.28. The second-order valence-corrected chi connectivity index (χ2v) is 5.98. The van der Waals surface area contributed by atoms with E-state index in [0.29, 0.717) is 12.9 Å². The van der Waals surface area contributed by atoms with Gasteiger partial charge in [0.05, 0.1) is 19.8 Å². The van der Waals surface area contributed by atoms with Crippen molar-refractivity contribution >= 4 is 6.29 Å². The smallest absolute Gasteiger partial charge is 0.157 e. The van der Waals surface area contributed by atoms with E-state index < -0.39 is 24.5 Å². The summed E-state index contributed by atoms with van der Waals surface area (Å²) in [6.45, 7) is 0.678. The number of hydrogen-bond acceptors (Lipinski definition) is 4. The van der Waals surface area contributed by atoms with Gasteiger partial charge in [-0.2, -0.15) is 0 Å². The van der Waals surface area contributed by atoms with Gasteiger partial charge in [0.25, 0.3) is 0 Å². The fourth-order valence-corrected chi connectivity index (χ4v) is 2.81. The molecular weight excluding hydrogens is 323 g/mol. The van der Waals surface area contributed by atoms with Gasteiger partial charge in [-0.3, -0.25) is 0 Å². The Hall–Kier alpha value is -2.08. The minimum Gasteiger partial charge on any atom is -0.374 e. The van der Waals surface area contributed by atoms with Crippen molar-refractivity contribution in [1.82, 2.24) is 0 Å².